The lowest BCUT2D eigenvalue weighted by molar-refractivity contribution is 0.274. The van der Waals surface area contributed by atoms with Crippen LogP contribution in [-0.4, -0.2) is 19.6 Å². The average Bonchev–Trinajstić information content (AvgIpc) is 2.73. The highest BCUT2D eigenvalue weighted by Gasteiger charge is 2.00. The number of rotatable bonds is 4. The molecule has 0 saturated carbocycles. The first-order valence-electron chi connectivity index (χ1n) is 4.93. The van der Waals surface area contributed by atoms with Gasteiger partial charge in [0.1, 0.15) is 12.4 Å². The van der Waals surface area contributed by atoms with E-state index in [4.69, 9.17) is 9.84 Å². The molecule has 1 N–H and O–H groups in total. The normalized spacial score (nSPS) is 10.4. The molecular weight excluding hydrogens is 206 g/mol. The summed E-state index contributed by atoms with van der Waals surface area (Å²) in [5.74, 6) is 0.679. The molecule has 0 aromatic carbocycles. The van der Waals surface area contributed by atoms with Crippen molar-refractivity contribution in [2.75, 3.05) is 0 Å². The molecule has 2 heterocycles. The smallest absolute Gasteiger partial charge is 0.138 e. The van der Waals surface area contributed by atoms with Gasteiger partial charge in [-0.05, 0) is 12.1 Å². The zero-order chi connectivity index (χ0) is 11.4. The van der Waals surface area contributed by atoms with Crippen molar-refractivity contribution >= 4 is 0 Å². The van der Waals surface area contributed by atoms with E-state index < -0.39 is 0 Å². The molecular formula is C11H13N3O2. The van der Waals surface area contributed by atoms with Crippen molar-refractivity contribution in [3.05, 3.63) is 42.2 Å². The largest absolute Gasteiger partial charge is 0.486 e. The number of aryl methyl sites for hydroxylation is 1. The van der Waals surface area contributed by atoms with Crippen molar-refractivity contribution < 1.29 is 9.84 Å². The van der Waals surface area contributed by atoms with E-state index in [-0.39, 0.29) is 6.61 Å². The highest BCUT2D eigenvalue weighted by atomic mass is 16.5. The molecule has 0 aliphatic carbocycles. The second-order valence-corrected chi connectivity index (χ2v) is 3.43. The van der Waals surface area contributed by atoms with Crippen molar-refractivity contribution in [2.45, 2.75) is 13.2 Å². The first-order chi connectivity index (χ1) is 7.79. The molecule has 0 spiro atoms. The van der Waals surface area contributed by atoms with Crippen LogP contribution in [0.25, 0.3) is 0 Å². The summed E-state index contributed by atoms with van der Waals surface area (Å²) in [7, 11) is 1.92. The maximum atomic E-state index is 8.83. The van der Waals surface area contributed by atoms with E-state index in [0.717, 1.165) is 5.69 Å². The van der Waals surface area contributed by atoms with Crippen molar-refractivity contribution in [3.63, 3.8) is 0 Å². The van der Waals surface area contributed by atoms with Crippen LogP contribution in [0.2, 0.25) is 0 Å². The van der Waals surface area contributed by atoms with Gasteiger partial charge in [-0.1, -0.05) is 0 Å². The third kappa shape index (κ3) is 2.38. The molecule has 0 bridgehead atoms. The summed E-state index contributed by atoms with van der Waals surface area (Å²) in [5.41, 5.74) is 1.62. The Kier molecular flexibility index (Phi) is 3.16. The summed E-state index contributed by atoms with van der Waals surface area (Å²) < 4.78 is 7.42. The first-order valence-corrected chi connectivity index (χ1v) is 4.93. The van der Waals surface area contributed by atoms with Crippen LogP contribution in [0.4, 0.5) is 0 Å². The van der Waals surface area contributed by atoms with E-state index in [9.17, 15) is 0 Å². The molecule has 2 aromatic rings. The molecule has 2 rings (SSSR count). The van der Waals surface area contributed by atoms with Crippen molar-refractivity contribution in [1.29, 1.82) is 0 Å². The average molecular weight is 219 g/mol. The number of ether oxygens (including phenoxy) is 1. The van der Waals surface area contributed by atoms with E-state index in [2.05, 4.69) is 9.97 Å². The first kappa shape index (κ1) is 10.6. The van der Waals surface area contributed by atoms with Crippen LogP contribution in [0.5, 0.6) is 5.75 Å². The van der Waals surface area contributed by atoms with Gasteiger partial charge in [-0.3, -0.25) is 4.98 Å². The minimum Gasteiger partial charge on any atom is -0.486 e. The standard InChI is InChI=1S/C11H13N3O2/c1-14-8-12-4-10(14)7-16-11-3-2-9(6-15)13-5-11/h2-5,8,15H,6-7H2,1H3. The number of hydrogen-bond acceptors (Lipinski definition) is 4. The Morgan fingerprint density at radius 1 is 1.38 bits per heavy atom. The van der Waals surface area contributed by atoms with Gasteiger partial charge in [0.15, 0.2) is 0 Å². The number of aliphatic hydroxyl groups is 1. The molecule has 2 aromatic heterocycles. The maximum Gasteiger partial charge on any atom is 0.138 e. The third-order valence-electron chi connectivity index (χ3n) is 2.26. The van der Waals surface area contributed by atoms with Gasteiger partial charge in [0.25, 0.3) is 0 Å². The quantitative estimate of drug-likeness (QED) is 0.829. The predicted octanol–water partition coefficient (Wildman–Crippen LogP) is 0.886. The molecule has 16 heavy (non-hydrogen) atoms. The van der Waals surface area contributed by atoms with Crippen LogP contribution >= 0.6 is 0 Å². The SMILES string of the molecule is Cn1cncc1COc1ccc(CO)nc1. The highest BCUT2D eigenvalue weighted by molar-refractivity contribution is 5.19. The summed E-state index contributed by atoms with van der Waals surface area (Å²) in [4.78, 5) is 8.02. The van der Waals surface area contributed by atoms with Crippen molar-refractivity contribution in [2.24, 2.45) is 7.05 Å². The number of hydrogen-bond donors (Lipinski definition) is 1. The van der Waals surface area contributed by atoms with E-state index in [0.29, 0.717) is 18.1 Å². The lowest BCUT2D eigenvalue weighted by Crippen LogP contribution is -2.01. The van der Waals surface area contributed by atoms with Gasteiger partial charge in [0.2, 0.25) is 0 Å². The van der Waals surface area contributed by atoms with Gasteiger partial charge in [-0.15, -0.1) is 0 Å². The van der Waals surface area contributed by atoms with Gasteiger partial charge in [-0.2, -0.15) is 0 Å². The Morgan fingerprint density at radius 2 is 2.25 bits per heavy atom. The summed E-state index contributed by atoms with van der Waals surface area (Å²) in [6, 6.07) is 3.52. The Balaban J connectivity index is 1.97. The molecule has 5 nitrogen and oxygen atoms in total. The molecule has 0 saturated heterocycles. The Morgan fingerprint density at radius 3 is 2.81 bits per heavy atom. The topological polar surface area (TPSA) is 60.2 Å². The van der Waals surface area contributed by atoms with E-state index in [1.165, 1.54) is 0 Å². The van der Waals surface area contributed by atoms with Gasteiger partial charge in [0.05, 0.1) is 36.7 Å². The fraction of sp³-hybridized carbons (Fsp3) is 0.273. The highest BCUT2D eigenvalue weighted by Crippen LogP contribution is 2.11. The molecule has 0 amide bonds. The minimum atomic E-state index is -0.0536. The molecule has 0 atom stereocenters. The molecule has 0 fully saturated rings. The Hall–Kier alpha value is -1.88. The third-order valence-corrected chi connectivity index (χ3v) is 2.26. The Labute approximate surface area is 93.3 Å². The van der Waals surface area contributed by atoms with Gasteiger partial charge in [-0.25, -0.2) is 4.98 Å². The zero-order valence-corrected chi connectivity index (χ0v) is 9.00. The lowest BCUT2D eigenvalue weighted by Gasteiger charge is -2.06. The van der Waals surface area contributed by atoms with E-state index >= 15 is 0 Å². The van der Waals surface area contributed by atoms with Crippen molar-refractivity contribution in [1.82, 2.24) is 14.5 Å². The van der Waals surface area contributed by atoms with Crippen LogP contribution in [0.15, 0.2) is 30.9 Å². The number of imidazole rings is 1. The molecule has 0 aliphatic rings. The molecule has 0 radical (unpaired) electrons. The van der Waals surface area contributed by atoms with Gasteiger partial charge < -0.3 is 14.4 Å². The van der Waals surface area contributed by atoms with Gasteiger partial charge in [0, 0.05) is 7.05 Å². The lowest BCUT2D eigenvalue weighted by atomic mass is 10.3. The van der Waals surface area contributed by atoms with E-state index in [1.807, 2.05) is 11.6 Å². The minimum absolute atomic E-state index is 0.0536. The molecule has 0 aliphatic heterocycles. The number of aromatic nitrogens is 3. The monoisotopic (exact) mass is 219 g/mol. The fourth-order valence-corrected chi connectivity index (χ4v) is 1.27. The second kappa shape index (κ2) is 4.76. The summed E-state index contributed by atoms with van der Waals surface area (Å²) >= 11 is 0. The second-order valence-electron chi connectivity index (χ2n) is 3.43. The summed E-state index contributed by atoms with van der Waals surface area (Å²) in [6.07, 6.45) is 5.09. The fourth-order valence-electron chi connectivity index (χ4n) is 1.27. The number of nitrogens with zero attached hydrogens (tertiary/aromatic N) is 3. The van der Waals surface area contributed by atoms with Crippen LogP contribution in [0, 0.1) is 0 Å². The van der Waals surface area contributed by atoms with Gasteiger partial charge >= 0.3 is 0 Å². The number of pyridine rings is 1. The van der Waals surface area contributed by atoms with Crippen LogP contribution in [0.1, 0.15) is 11.4 Å². The molecule has 84 valence electrons. The van der Waals surface area contributed by atoms with Crippen LogP contribution < -0.4 is 4.74 Å². The molecule has 0 unspecified atom stereocenters. The maximum absolute atomic E-state index is 8.83. The van der Waals surface area contributed by atoms with Crippen LogP contribution in [0.3, 0.4) is 0 Å². The summed E-state index contributed by atoms with van der Waals surface area (Å²) in [6.45, 7) is 0.401. The van der Waals surface area contributed by atoms with Crippen molar-refractivity contribution in [3.8, 4) is 5.75 Å². The summed E-state index contributed by atoms with van der Waals surface area (Å²) in [5, 5.41) is 8.83. The van der Waals surface area contributed by atoms with Crippen LogP contribution in [-0.2, 0) is 20.3 Å². The predicted molar refractivity (Wildman–Crippen MR) is 57.7 cm³/mol. The number of aliphatic hydroxyl groups excluding tert-OH is 1. The Bertz CT molecular complexity index is 451. The van der Waals surface area contributed by atoms with E-state index in [1.54, 1.807) is 30.9 Å². The molecule has 5 heteroatoms. The zero-order valence-electron chi connectivity index (χ0n) is 9.00.